The Morgan fingerprint density at radius 3 is 2.64 bits per heavy atom. The van der Waals surface area contributed by atoms with Gasteiger partial charge in [0.1, 0.15) is 0 Å². The van der Waals surface area contributed by atoms with Gasteiger partial charge in [-0.15, -0.1) is 0 Å². The third kappa shape index (κ3) is 3.77. The van der Waals surface area contributed by atoms with Crippen LogP contribution in [0.4, 0.5) is 0 Å². The van der Waals surface area contributed by atoms with Crippen molar-refractivity contribution >= 4 is 26.0 Å². The van der Waals surface area contributed by atoms with E-state index in [-0.39, 0.29) is 6.61 Å². The van der Waals surface area contributed by atoms with Gasteiger partial charge in [-0.2, -0.15) is 8.42 Å². The van der Waals surface area contributed by atoms with Crippen LogP contribution in [0.25, 0.3) is 0 Å². The van der Waals surface area contributed by atoms with Crippen molar-refractivity contribution in [2.24, 2.45) is 0 Å². The number of rotatable bonds is 3. The predicted octanol–water partition coefficient (Wildman–Crippen LogP) is 2.23. The maximum absolute atomic E-state index is 10.8. The van der Waals surface area contributed by atoms with Gasteiger partial charge in [0, 0.05) is 4.47 Å². The van der Waals surface area contributed by atoms with E-state index in [0.29, 0.717) is 0 Å². The van der Waals surface area contributed by atoms with Crippen LogP contribution in [0, 0.1) is 6.92 Å². The molecule has 0 unspecified atom stereocenters. The molecule has 1 aromatic rings. The fourth-order valence-electron chi connectivity index (χ4n) is 0.985. The molecule has 0 amide bonds. The highest BCUT2D eigenvalue weighted by Gasteiger charge is 2.05. The molecular weight excluding hydrogens is 268 g/mol. The van der Waals surface area contributed by atoms with Crippen molar-refractivity contribution in [2.75, 3.05) is 6.26 Å². The highest BCUT2D eigenvalue weighted by atomic mass is 79.9. The summed E-state index contributed by atoms with van der Waals surface area (Å²) < 4.78 is 27.1. The van der Waals surface area contributed by atoms with Crippen molar-refractivity contribution in [3.8, 4) is 0 Å². The Bertz CT molecular complexity index is 426. The smallest absolute Gasteiger partial charge is 0.264 e. The van der Waals surface area contributed by atoms with E-state index in [0.717, 1.165) is 21.9 Å². The molecule has 0 saturated heterocycles. The van der Waals surface area contributed by atoms with Gasteiger partial charge in [-0.1, -0.05) is 33.6 Å². The number of aryl methyl sites for hydroxylation is 1. The van der Waals surface area contributed by atoms with E-state index in [1.165, 1.54) is 0 Å². The first-order valence-corrected chi connectivity index (χ1v) is 6.59. The normalized spacial score (nSPS) is 11.6. The molecule has 78 valence electrons. The molecule has 0 heterocycles. The zero-order chi connectivity index (χ0) is 10.8. The minimum atomic E-state index is -3.37. The van der Waals surface area contributed by atoms with Crippen molar-refractivity contribution in [2.45, 2.75) is 13.5 Å². The standard InChI is InChI=1S/C9H11BrO3S/c1-7-3-4-9(10)8(5-7)6-13-14(2,11)12/h3-5H,6H2,1-2H3. The molecule has 0 radical (unpaired) electrons. The van der Waals surface area contributed by atoms with Crippen molar-refractivity contribution < 1.29 is 12.6 Å². The maximum Gasteiger partial charge on any atom is 0.264 e. The van der Waals surface area contributed by atoms with Crippen molar-refractivity contribution in [3.63, 3.8) is 0 Å². The summed E-state index contributed by atoms with van der Waals surface area (Å²) in [4.78, 5) is 0. The SMILES string of the molecule is Cc1ccc(Br)c(COS(C)(=O)=O)c1. The van der Waals surface area contributed by atoms with Crippen molar-refractivity contribution in [1.29, 1.82) is 0 Å². The predicted molar refractivity (Wildman–Crippen MR) is 58.5 cm³/mol. The summed E-state index contributed by atoms with van der Waals surface area (Å²) >= 11 is 3.32. The van der Waals surface area contributed by atoms with Gasteiger partial charge in [-0.25, -0.2) is 0 Å². The quantitative estimate of drug-likeness (QED) is 0.797. The largest absolute Gasteiger partial charge is 0.265 e. The summed E-state index contributed by atoms with van der Waals surface area (Å²) in [6.45, 7) is 2.01. The second-order valence-corrected chi connectivity index (χ2v) is 5.56. The number of halogens is 1. The zero-order valence-corrected chi connectivity index (χ0v) is 10.4. The third-order valence-corrected chi connectivity index (χ3v) is 2.95. The van der Waals surface area contributed by atoms with Crippen LogP contribution < -0.4 is 0 Å². The molecule has 3 nitrogen and oxygen atoms in total. The molecule has 0 saturated carbocycles. The number of hydrogen-bond acceptors (Lipinski definition) is 3. The second kappa shape index (κ2) is 4.42. The van der Waals surface area contributed by atoms with Gasteiger partial charge in [0.25, 0.3) is 10.1 Å². The zero-order valence-electron chi connectivity index (χ0n) is 7.95. The molecule has 1 rings (SSSR count). The molecule has 14 heavy (non-hydrogen) atoms. The van der Waals surface area contributed by atoms with Crippen LogP contribution >= 0.6 is 15.9 Å². The first-order chi connectivity index (χ1) is 6.38. The highest BCUT2D eigenvalue weighted by molar-refractivity contribution is 9.10. The lowest BCUT2D eigenvalue weighted by molar-refractivity contribution is 0.311. The summed E-state index contributed by atoms with van der Waals surface area (Å²) in [6, 6.07) is 5.69. The fourth-order valence-corrected chi connectivity index (χ4v) is 1.69. The van der Waals surface area contributed by atoms with Gasteiger partial charge in [-0.05, 0) is 18.6 Å². The topological polar surface area (TPSA) is 43.4 Å². The molecule has 0 atom stereocenters. The van der Waals surface area contributed by atoms with E-state index in [1.54, 1.807) is 0 Å². The lowest BCUT2D eigenvalue weighted by Gasteiger charge is -2.05. The van der Waals surface area contributed by atoms with E-state index in [9.17, 15) is 8.42 Å². The van der Waals surface area contributed by atoms with E-state index >= 15 is 0 Å². The summed E-state index contributed by atoms with van der Waals surface area (Å²) in [5, 5.41) is 0. The van der Waals surface area contributed by atoms with Crippen LogP contribution in [0.2, 0.25) is 0 Å². The summed E-state index contributed by atoms with van der Waals surface area (Å²) in [5.74, 6) is 0. The Hall–Kier alpha value is -0.390. The van der Waals surface area contributed by atoms with Crippen LogP contribution in [-0.4, -0.2) is 14.7 Å². The molecule has 0 N–H and O–H groups in total. The van der Waals surface area contributed by atoms with Gasteiger partial charge in [0.15, 0.2) is 0 Å². The van der Waals surface area contributed by atoms with E-state index < -0.39 is 10.1 Å². The van der Waals surface area contributed by atoms with E-state index in [4.69, 9.17) is 4.18 Å². The average molecular weight is 279 g/mol. The Morgan fingerprint density at radius 2 is 2.07 bits per heavy atom. The van der Waals surface area contributed by atoms with E-state index in [1.807, 2.05) is 25.1 Å². The van der Waals surface area contributed by atoms with Crippen molar-refractivity contribution in [3.05, 3.63) is 33.8 Å². The van der Waals surface area contributed by atoms with E-state index in [2.05, 4.69) is 15.9 Å². The van der Waals surface area contributed by atoms with Gasteiger partial charge >= 0.3 is 0 Å². The lowest BCUT2D eigenvalue weighted by atomic mass is 10.1. The van der Waals surface area contributed by atoms with Gasteiger partial charge in [0.2, 0.25) is 0 Å². The summed E-state index contributed by atoms with van der Waals surface area (Å²) in [7, 11) is -3.37. The monoisotopic (exact) mass is 278 g/mol. The number of hydrogen-bond donors (Lipinski definition) is 0. The molecular formula is C9H11BrO3S. The molecule has 1 aromatic carbocycles. The Morgan fingerprint density at radius 1 is 1.43 bits per heavy atom. The molecule has 0 spiro atoms. The van der Waals surface area contributed by atoms with Crippen LogP contribution in [0.3, 0.4) is 0 Å². The van der Waals surface area contributed by atoms with Gasteiger partial charge in [0.05, 0.1) is 12.9 Å². The average Bonchev–Trinajstić information content (AvgIpc) is 2.05. The van der Waals surface area contributed by atoms with Crippen LogP contribution in [0.5, 0.6) is 0 Å². The molecule has 0 fully saturated rings. The number of benzene rings is 1. The van der Waals surface area contributed by atoms with Crippen LogP contribution in [0.15, 0.2) is 22.7 Å². The first kappa shape index (κ1) is 11.7. The highest BCUT2D eigenvalue weighted by Crippen LogP contribution is 2.19. The molecule has 0 aliphatic heterocycles. The Balaban J connectivity index is 2.81. The minimum Gasteiger partial charge on any atom is -0.265 e. The second-order valence-electron chi connectivity index (χ2n) is 3.06. The Kier molecular flexibility index (Phi) is 3.69. The van der Waals surface area contributed by atoms with Gasteiger partial charge < -0.3 is 0 Å². The molecule has 0 bridgehead atoms. The van der Waals surface area contributed by atoms with Crippen LogP contribution in [-0.2, 0) is 20.9 Å². The third-order valence-electron chi connectivity index (χ3n) is 1.63. The van der Waals surface area contributed by atoms with Gasteiger partial charge in [-0.3, -0.25) is 4.18 Å². The van der Waals surface area contributed by atoms with Crippen LogP contribution in [0.1, 0.15) is 11.1 Å². The molecule has 0 aromatic heterocycles. The molecule has 5 heteroatoms. The lowest BCUT2D eigenvalue weighted by Crippen LogP contribution is -2.03. The van der Waals surface area contributed by atoms with Crippen molar-refractivity contribution in [1.82, 2.24) is 0 Å². The first-order valence-electron chi connectivity index (χ1n) is 3.98. The summed E-state index contributed by atoms with van der Waals surface area (Å²) in [6.07, 6.45) is 1.04. The fraction of sp³-hybridized carbons (Fsp3) is 0.333. The maximum atomic E-state index is 10.8. The minimum absolute atomic E-state index is 0.0705. The summed E-state index contributed by atoms with van der Waals surface area (Å²) in [5.41, 5.74) is 1.90. The molecule has 0 aliphatic rings. The Labute approximate surface area is 92.3 Å². The molecule has 0 aliphatic carbocycles.